The van der Waals surface area contributed by atoms with Gasteiger partial charge in [0.05, 0.1) is 0 Å². The zero-order valence-electron chi connectivity index (χ0n) is 6.70. The van der Waals surface area contributed by atoms with Crippen molar-refractivity contribution >= 4 is 0 Å². The Morgan fingerprint density at radius 1 is 1.45 bits per heavy atom. The van der Waals surface area contributed by atoms with E-state index in [1.165, 1.54) is 0 Å². The summed E-state index contributed by atoms with van der Waals surface area (Å²) in [6, 6.07) is 2.05. The molecule has 0 aromatic carbocycles. The van der Waals surface area contributed by atoms with Crippen LogP contribution in [0.15, 0.2) is 18.5 Å². The van der Waals surface area contributed by atoms with Crippen molar-refractivity contribution in [2.45, 2.75) is 25.8 Å². The Hall–Kier alpha value is -0.960. The first-order chi connectivity index (χ1) is 5.29. The lowest BCUT2D eigenvalue weighted by Gasteiger charge is -2.01. The van der Waals surface area contributed by atoms with Crippen molar-refractivity contribution in [2.24, 2.45) is 5.73 Å². The fraction of sp³-hybridized carbons (Fsp3) is 0.500. The molecule has 3 heteroatoms. The molecule has 1 rings (SSSR count). The molecule has 0 amide bonds. The SMILES string of the molecule is C[C@H](N)CCc1ncccn1. The lowest BCUT2D eigenvalue weighted by molar-refractivity contribution is 0.647. The van der Waals surface area contributed by atoms with E-state index in [0.717, 1.165) is 18.7 Å². The van der Waals surface area contributed by atoms with Gasteiger partial charge in [-0.05, 0) is 19.4 Å². The molecule has 1 aromatic heterocycles. The number of aryl methyl sites for hydroxylation is 1. The molecule has 0 fully saturated rings. The van der Waals surface area contributed by atoms with Gasteiger partial charge in [-0.3, -0.25) is 0 Å². The molecule has 2 N–H and O–H groups in total. The predicted octanol–water partition coefficient (Wildman–Crippen LogP) is 0.756. The zero-order valence-corrected chi connectivity index (χ0v) is 6.70. The molecule has 0 spiro atoms. The van der Waals surface area contributed by atoms with Crippen LogP contribution in [0.4, 0.5) is 0 Å². The molecule has 0 unspecified atom stereocenters. The molecular formula is C8H13N3. The van der Waals surface area contributed by atoms with E-state index in [0.29, 0.717) is 0 Å². The number of rotatable bonds is 3. The van der Waals surface area contributed by atoms with E-state index in [1.54, 1.807) is 12.4 Å². The minimum atomic E-state index is 0.235. The summed E-state index contributed by atoms with van der Waals surface area (Å²) in [5.74, 6) is 0.879. The summed E-state index contributed by atoms with van der Waals surface area (Å²) < 4.78 is 0. The average Bonchev–Trinajstić information content (AvgIpc) is 2.03. The highest BCUT2D eigenvalue weighted by Crippen LogP contribution is 1.95. The number of nitrogens with zero attached hydrogens (tertiary/aromatic N) is 2. The summed E-state index contributed by atoms with van der Waals surface area (Å²) in [7, 11) is 0. The average molecular weight is 151 g/mol. The largest absolute Gasteiger partial charge is 0.328 e. The maximum atomic E-state index is 5.58. The molecule has 3 nitrogen and oxygen atoms in total. The maximum Gasteiger partial charge on any atom is 0.128 e. The van der Waals surface area contributed by atoms with Gasteiger partial charge in [0.2, 0.25) is 0 Å². The van der Waals surface area contributed by atoms with E-state index >= 15 is 0 Å². The van der Waals surface area contributed by atoms with Crippen LogP contribution in [0.2, 0.25) is 0 Å². The number of aromatic nitrogens is 2. The minimum absolute atomic E-state index is 0.235. The van der Waals surface area contributed by atoms with Crippen molar-refractivity contribution in [1.29, 1.82) is 0 Å². The quantitative estimate of drug-likeness (QED) is 0.693. The normalized spacial score (nSPS) is 12.9. The Morgan fingerprint density at radius 2 is 2.09 bits per heavy atom. The van der Waals surface area contributed by atoms with Crippen LogP contribution < -0.4 is 5.73 Å². The fourth-order valence-corrected chi connectivity index (χ4v) is 0.816. The molecule has 0 radical (unpaired) electrons. The fourth-order valence-electron chi connectivity index (χ4n) is 0.816. The van der Waals surface area contributed by atoms with Gasteiger partial charge in [-0.25, -0.2) is 9.97 Å². The molecular weight excluding hydrogens is 138 g/mol. The van der Waals surface area contributed by atoms with Gasteiger partial charge < -0.3 is 5.73 Å². The molecule has 60 valence electrons. The molecule has 0 saturated carbocycles. The number of hydrogen-bond donors (Lipinski definition) is 1. The molecule has 0 saturated heterocycles. The Balaban J connectivity index is 2.39. The maximum absolute atomic E-state index is 5.58. The van der Waals surface area contributed by atoms with Crippen LogP contribution in [-0.2, 0) is 6.42 Å². The summed E-state index contributed by atoms with van der Waals surface area (Å²) in [4.78, 5) is 8.17. The van der Waals surface area contributed by atoms with Crippen LogP contribution in [-0.4, -0.2) is 16.0 Å². The molecule has 0 bridgehead atoms. The third-order valence-electron chi connectivity index (χ3n) is 1.44. The second-order valence-electron chi connectivity index (χ2n) is 2.68. The highest BCUT2D eigenvalue weighted by molar-refractivity contribution is 4.88. The van der Waals surface area contributed by atoms with Gasteiger partial charge in [0.25, 0.3) is 0 Å². The van der Waals surface area contributed by atoms with Crippen molar-refractivity contribution in [2.75, 3.05) is 0 Å². The second kappa shape index (κ2) is 4.03. The van der Waals surface area contributed by atoms with Crippen LogP contribution in [0.5, 0.6) is 0 Å². The first-order valence-electron chi connectivity index (χ1n) is 3.80. The highest BCUT2D eigenvalue weighted by Gasteiger charge is 1.97. The van der Waals surface area contributed by atoms with Crippen LogP contribution in [0.25, 0.3) is 0 Å². The van der Waals surface area contributed by atoms with Gasteiger partial charge >= 0.3 is 0 Å². The van der Waals surface area contributed by atoms with E-state index in [1.807, 2.05) is 13.0 Å². The van der Waals surface area contributed by atoms with Gasteiger partial charge in [-0.1, -0.05) is 0 Å². The Labute approximate surface area is 66.7 Å². The third kappa shape index (κ3) is 3.09. The zero-order chi connectivity index (χ0) is 8.10. The van der Waals surface area contributed by atoms with E-state index < -0.39 is 0 Å². The van der Waals surface area contributed by atoms with Gasteiger partial charge in [0.15, 0.2) is 0 Å². The topological polar surface area (TPSA) is 51.8 Å². The molecule has 0 aliphatic heterocycles. The highest BCUT2D eigenvalue weighted by atomic mass is 14.8. The van der Waals surface area contributed by atoms with Crippen molar-refractivity contribution in [3.63, 3.8) is 0 Å². The monoisotopic (exact) mass is 151 g/mol. The summed E-state index contributed by atoms with van der Waals surface area (Å²) in [5.41, 5.74) is 5.58. The minimum Gasteiger partial charge on any atom is -0.328 e. The van der Waals surface area contributed by atoms with Crippen LogP contribution in [0, 0.1) is 0 Å². The second-order valence-corrected chi connectivity index (χ2v) is 2.68. The molecule has 0 aliphatic carbocycles. The molecule has 11 heavy (non-hydrogen) atoms. The van der Waals surface area contributed by atoms with E-state index in [4.69, 9.17) is 5.73 Å². The van der Waals surface area contributed by atoms with E-state index in [-0.39, 0.29) is 6.04 Å². The van der Waals surface area contributed by atoms with Crippen molar-refractivity contribution in [3.8, 4) is 0 Å². The summed E-state index contributed by atoms with van der Waals surface area (Å²) in [6.07, 6.45) is 5.33. The van der Waals surface area contributed by atoms with Crippen molar-refractivity contribution in [3.05, 3.63) is 24.3 Å². The van der Waals surface area contributed by atoms with Crippen molar-refractivity contribution in [1.82, 2.24) is 9.97 Å². The lowest BCUT2D eigenvalue weighted by Crippen LogP contribution is -2.15. The Bertz CT molecular complexity index is 196. The van der Waals surface area contributed by atoms with Crippen LogP contribution in [0.1, 0.15) is 19.2 Å². The van der Waals surface area contributed by atoms with E-state index in [2.05, 4.69) is 9.97 Å². The van der Waals surface area contributed by atoms with Crippen LogP contribution in [0.3, 0.4) is 0 Å². The molecule has 1 atom stereocenters. The van der Waals surface area contributed by atoms with Gasteiger partial charge in [0, 0.05) is 24.9 Å². The van der Waals surface area contributed by atoms with Gasteiger partial charge in [0.1, 0.15) is 5.82 Å². The smallest absolute Gasteiger partial charge is 0.128 e. The van der Waals surface area contributed by atoms with Gasteiger partial charge in [-0.2, -0.15) is 0 Å². The first kappa shape index (κ1) is 8.14. The first-order valence-corrected chi connectivity index (χ1v) is 3.80. The van der Waals surface area contributed by atoms with Crippen LogP contribution >= 0.6 is 0 Å². The predicted molar refractivity (Wildman–Crippen MR) is 44.0 cm³/mol. The Kier molecular flexibility index (Phi) is 2.98. The molecule has 0 aliphatic rings. The summed E-state index contributed by atoms with van der Waals surface area (Å²) >= 11 is 0. The number of hydrogen-bond acceptors (Lipinski definition) is 3. The summed E-state index contributed by atoms with van der Waals surface area (Å²) in [6.45, 7) is 1.99. The standard InChI is InChI=1S/C8H13N3/c1-7(9)3-4-8-10-5-2-6-11-8/h2,5-7H,3-4,9H2,1H3/t7-/m0/s1. The molecule has 1 heterocycles. The van der Waals surface area contributed by atoms with E-state index in [9.17, 15) is 0 Å². The molecule has 1 aromatic rings. The lowest BCUT2D eigenvalue weighted by atomic mass is 10.2. The number of nitrogens with two attached hydrogens (primary N) is 1. The summed E-state index contributed by atoms with van der Waals surface area (Å²) in [5, 5.41) is 0. The third-order valence-corrected chi connectivity index (χ3v) is 1.44. The van der Waals surface area contributed by atoms with Crippen molar-refractivity contribution < 1.29 is 0 Å². The van der Waals surface area contributed by atoms with Gasteiger partial charge in [-0.15, -0.1) is 0 Å². The Morgan fingerprint density at radius 3 is 2.64 bits per heavy atom.